The number of allylic oxidation sites excluding steroid dienone is 6. The van der Waals surface area contributed by atoms with Crippen LogP contribution in [-0.4, -0.2) is 70.7 Å². The summed E-state index contributed by atoms with van der Waals surface area (Å²) in [4.78, 5) is 25.3. The lowest BCUT2D eigenvalue weighted by Gasteiger charge is -2.28. The molecule has 0 radical (unpaired) electrons. The van der Waals surface area contributed by atoms with Crippen LogP contribution in [0.5, 0.6) is 0 Å². The fourth-order valence-corrected chi connectivity index (χ4v) is 8.99. The highest BCUT2D eigenvalue weighted by molar-refractivity contribution is 7.45. The smallest absolute Gasteiger partial charge is 0.306 e. The van der Waals surface area contributed by atoms with Crippen LogP contribution in [0.3, 0.4) is 0 Å². The van der Waals surface area contributed by atoms with Gasteiger partial charge in [0, 0.05) is 13.0 Å². The molecule has 0 N–H and O–H groups in total. The van der Waals surface area contributed by atoms with Gasteiger partial charge in [-0.15, -0.1) is 0 Å². The predicted octanol–water partition coefficient (Wildman–Crippen LogP) is 17.4. The second-order valence-electron chi connectivity index (χ2n) is 20.7. The summed E-state index contributed by atoms with van der Waals surface area (Å²) in [5, 5.41) is 0. The van der Waals surface area contributed by atoms with E-state index in [0.29, 0.717) is 24.1 Å². The molecule has 0 aromatic rings. The van der Waals surface area contributed by atoms with Crippen LogP contribution in [0, 0.1) is 0 Å². The first-order chi connectivity index (χ1) is 32.6. The predicted molar refractivity (Wildman–Crippen MR) is 287 cm³/mol. The number of carbonyl (C=O) groups is 1. The van der Waals surface area contributed by atoms with Gasteiger partial charge in [0.2, 0.25) is 0 Å². The molecule has 67 heavy (non-hydrogen) atoms. The summed E-state index contributed by atoms with van der Waals surface area (Å²) in [6.07, 6.45) is 63.3. The maximum Gasteiger partial charge on any atom is 0.306 e. The summed E-state index contributed by atoms with van der Waals surface area (Å²) in [6, 6.07) is 0. The maximum atomic E-state index is 12.8. The van der Waals surface area contributed by atoms with Gasteiger partial charge in [0.15, 0.2) is 0 Å². The average molecular weight is 967 g/mol. The molecule has 2 unspecified atom stereocenters. The molecule has 0 fully saturated rings. The molecule has 0 saturated heterocycles. The number of rotatable bonds is 54. The van der Waals surface area contributed by atoms with E-state index >= 15 is 0 Å². The minimum absolute atomic E-state index is 0.0252. The van der Waals surface area contributed by atoms with Crippen molar-refractivity contribution < 1.29 is 37.3 Å². The van der Waals surface area contributed by atoms with Gasteiger partial charge in [0.05, 0.1) is 34.4 Å². The normalized spacial score (nSPS) is 13.7. The quantitative estimate of drug-likeness (QED) is 0.0197. The number of carbonyl (C=O) groups excluding carboxylic acids is 1. The van der Waals surface area contributed by atoms with E-state index in [2.05, 4.69) is 50.3 Å². The molecular formula is C58H112NO7P. The van der Waals surface area contributed by atoms with Crippen LogP contribution in [0.25, 0.3) is 0 Å². The third-order valence-corrected chi connectivity index (χ3v) is 13.7. The number of ether oxygens (including phenoxy) is 2. The van der Waals surface area contributed by atoms with Gasteiger partial charge in [-0.05, 0) is 51.4 Å². The summed E-state index contributed by atoms with van der Waals surface area (Å²) >= 11 is 0. The average Bonchev–Trinajstić information content (AvgIpc) is 3.29. The van der Waals surface area contributed by atoms with Crippen molar-refractivity contribution >= 4 is 13.8 Å². The van der Waals surface area contributed by atoms with Crippen molar-refractivity contribution in [2.24, 2.45) is 0 Å². The largest absolute Gasteiger partial charge is 0.756 e. The number of phosphoric ester groups is 1. The van der Waals surface area contributed by atoms with E-state index in [4.69, 9.17) is 18.5 Å². The van der Waals surface area contributed by atoms with Crippen LogP contribution in [-0.2, 0) is 27.9 Å². The third kappa shape index (κ3) is 55.5. The molecular weight excluding hydrogens is 854 g/mol. The van der Waals surface area contributed by atoms with Gasteiger partial charge >= 0.3 is 5.97 Å². The summed E-state index contributed by atoms with van der Waals surface area (Å²) in [6.45, 7) is 5.42. The number of quaternary nitrogens is 1. The zero-order valence-electron chi connectivity index (χ0n) is 45.1. The summed E-state index contributed by atoms with van der Waals surface area (Å²) < 4.78 is 34.8. The first kappa shape index (κ1) is 65.7. The Hall–Kier alpha value is -1.28. The molecule has 0 saturated carbocycles. The lowest BCUT2D eigenvalue weighted by Crippen LogP contribution is -2.37. The topological polar surface area (TPSA) is 94.1 Å². The number of likely N-dealkylation sites (N-methyl/N-ethyl adjacent to an activating group) is 1. The van der Waals surface area contributed by atoms with Crippen molar-refractivity contribution in [2.75, 3.05) is 54.1 Å². The molecule has 9 heteroatoms. The molecule has 2 atom stereocenters. The van der Waals surface area contributed by atoms with Crippen LogP contribution in [0.15, 0.2) is 36.5 Å². The Labute approximate surface area is 416 Å². The molecule has 0 aliphatic rings. The molecule has 0 spiro atoms. The molecule has 396 valence electrons. The summed E-state index contributed by atoms with van der Waals surface area (Å²) in [7, 11) is 1.36. The molecule has 0 heterocycles. The van der Waals surface area contributed by atoms with Crippen molar-refractivity contribution in [1.29, 1.82) is 0 Å². The Balaban J connectivity index is 4.05. The lowest BCUT2D eigenvalue weighted by molar-refractivity contribution is -0.870. The van der Waals surface area contributed by atoms with Gasteiger partial charge in [0.25, 0.3) is 7.82 Å². The Morgan fingerprint density at radius 1 is 0.463 bits per heavy atom. The molecule has 0 aliphatic carbocycles. The Kier molecular flexibility index (Phi) is 50.1. The van der Waals surface area contributed by atoms with E-state index in [1.54, 1.807) is 0 Å². The number of esters is 1. The highest BCUT2D eigenvalue weighted by Crippen LogP contribution is 2.38. The molecule has 8 nitrogen and oxygen atoms in total. The van der Waals surface area contributed by atoms with Crippen LogP contribution in [0.1, 0.15) is 271 Å². The fourth-order valence-electron chi connectivity index (χ4n) is 8.26. The standard InChI is InChI=1S/C58H112NO7P/c1-6-8-10-12-14-16-18-20-22-24-26-28-29-30-31-32-33-35-37-39-41-43-45-47-49-51-58(60)66-57(56-65-67(61,62)64-54-52-59(3,4)5)55-63-53-50-48-46-44-42-40-38-36-34-27-25-23-21-19-17-15-13-11-9-7-2/h15,17,21,23,27,34,57H,6-14,16,18-20,22,24-26,28-33,35-56H2,1-5H3/b17-15-,23-21-,34-27-. The Morgan fingerprint density at radius 3 is 1.25 bits per heavy atom. The SMILES string of the molecule is CCCCC/C=C\C/C=C\C/C=C\CCCCCCCCCOCC(COP(=O)([O-])OCC[N+](C)(C)C)OC(=O)CCCCCCCCCCCCCCCCCCCCCCCCCCC. The number of nitrogens with zero attached hydrogens (tertiary/aromatic N) is 1. The number of unbranched alkanes of at least 4 members (excludes halogenated alkanes) is 34. The Morgan fingerprint density at radius 2 is 0.821 bits per heavy atom. The first-order valence-corrected chi connectivity index (χ1v) is 30.2. The zero-order valence-corrected chi connectivity index (χ0v) is 46.0. The van der Waals surface area contributed by atoms with Crippen molar-refractivity contribution in [3.8, 4) is 0 Å². The highest BCUT2D eigenvalue weighted by Gasteiger charge is 2.20. The van der Waals surface area contributed by atoms with Gasteiger partial charge in [-0.2, -0.15) is 0 Å². The van der Waals surface area contributed by atoms with Gasteiger partial charge in [-0.25, -0.2) is 0 Å². The minimum atomic E-state index is -4.54. The first-order valence-electron chi connectivity index (χ1n) is 28.7. The van der Waals surface area contributed by atoms with E-state index < -0.39 is 13.9 Å². The molecule has 0 aliphatic heterocycles. The van der Waals surface area contributed by atoms with Crippen molar-refractivity contribution in [1.82, 2.24) is 0 Å². The Bertz CT molecular complexity index is 1170. The van der Waals surface area contributed by atoms with Crippen LogP contribution < -0.4 is 4.89 Å². The van der Waals surface area contributed by atoms with Crippen molar-refractivity contribution in [3.05, 3.63) is 36.5 Å². The van der Waals surface area contributed by atoms with E-state index in [9.17, 15) is 14.3 Å². The second kappa shape index (κ2) is 51.1. The molecule has 0 bridgehead atoms. The van der Waals surface area contributed by atoms with Crippen LogP contribution in [0.2, 0.25) is 0 Å². The lowest BCUT2D eigenvalue weighted by atomic mass is 10.0. The summed E-state index contributed by atoms with van der Waals surface area (Å²) in [5.41, 5.74) is 0. The van der Waals surface area contributed by atoms with Gasteiger partial charge in [-0.3, -0.25) is 9.36 Å². The molecule has 0 aromatic carbocycles. The second-order valence-corrected chi connectivity index (χ2v) is 22.1. The van der Waals surface area contributed by atoms with Crippen LogP contribution in [0.4, 0.5) is 0 Å². The maximum absolute atomic E-state index is 12.8. The van der Waals surface area contributed by atoms with Gasteiger partial charge in [0.1, 0.15) is 19.3 Å². The van der Waals surface area contributed by atoms with Crippen molar-refractivity contribution in [3.63, 3.8) is 0 Å². The minimum Gasteiger partial charge on any atom is -0.756 e. The van der Waals surface area contributed by atoms with Crippen LogP contribution >= 0.6 is 7.82 Å². The molecule has 0 aromatic heterocycles. The monoisotopic (exact) mass is 966 g/mol. The number of hydrogen-bond donors (Lipinski definition) is 0. The highest BCUT2D eigenvalue weighted by atomic mass is 31.2. The van der Waals surface area contributed by atoms with E-state index in [1.807, 2.05) is 21.1 Å². The zero-order chi connectivity index (χ0) is 49.0. The number of hydrogen-bond acceptors (Lipinski definition) is 7. The summed E-state index contributed by atoms with van der Waals surface area (Å²) in [5.74, 6) is -0.332. The van der Waals surface area contributed by atoms with E-state index in [-0.39, 0.29) is 25.8 Å². The van der Waals surface area contributed by atoms with Gasteiger partial charge in [-0.1, -0.05) is 249 Å². The van der Waals surface area contributed by atoms with E-state index in [0.717, 1.165) is 51.4 Å². The molecule has 0 rings (SSSR count). The van der Waals surface area contributed by atoms with E-state index in [1.165, 1.54) is 199 Å². The molecule has 0 amide bonds. The van der Waals surface area contributed by atoms with Gasteiger partial charge < -0.3 is 27.9 Å². The number of phosphoric acid groups is 1. The van der Waals surface area contributed by atoms with Crippen molar-refractivity contribution in [2.45, 2.75) is 277 Å². The fraction of sp³-hybridized carbons (Fsp3) is 0.879. The third-order valence-electron chi connectivity index (χ3n) is 12.7.